The molecule has 0 heteroatoms. The van der Waals surface area contributed by atoms with Gasteiger partial charge in [0.2, 0.25) is 0 Å². The molecule has 0 nitrogen and oxygen atoms in total. The summed E-state index contributed by atoms with van der Waals surface area (Å²) in [5.74, 6) is 0.832. The third-order valence-corrected chi connectivity index (χ3v) is 3.05. The first-order chi connectivity index (χ1) is 5.69. The van der Waals surface area contributed by atoms with Crippen LogP contribution in [0.25, 0.3) is 0 Å². The highest BCUT2D eigenvalue weighted by Crippen LogP contribution is 2.32. The van der Waals surface area contributed by atoms with Crippen molar-refractivity contribution in [2.24, 2.45) is 5.92 Å². The molecule has 0 saturated heterocycles. The van der Waals surface area contributed by atoms with E-state index in [0.717, 1.165) is 5.92 Å². The van der Waals surface area contributed by atoms with E-state index in [9.17, 15) is 0 Å². The second kappa shape index (κ2) is 3.93. The maximum absolute atomic E-state index is 2.40. The minimum atomic E-state index is 0.832. The van der Waals surface area contributed by atoms with Gasteiger partial charge in [0.15, 0.2) is 0 Å². The van der Waals surface area contributed by atoms with E-state index in [1.54, 1.807) is 11.1 Å². The molecule has 1 rings (SSSR count). The zero-order chi connectivity index (χ0) is 9.14. The van der Waals surface area contributed by atoms with Gasteiger partial charge in [-0.2, -0.15) is 0 Å². The molecule has 0 heterocycles. The van der Waals surface area contributed by atoms with E-state index in [1.165, 1.54) is 24.8 Å². The van der Waals surface area contributed by atoms with E-state index in [2.05, 4.69) is 33.8 Å². The Morgan fingerprint density at radius 1 is 1.33 bits per heavy atom. The first-order valence-corrected chi connectivity index (χ1v) is 5.05. The summed E-state index contributed by atoms with van der Waals surface area (Å²) in [7, 11) is 0. The SMILES string of the molecule is CCC1=CC(C)=C(C)CC1CC. The maximum Gasteiger partial charge on any atom is -0.0165 e. The zero-order valence-electron chi connectivity index (χ0n) is 8.78. The quantitative estimate of drug-likeness (QED) is 0.576. The molecule has 1 aliphatic carbocycles. The molecular weight excluding hydrogens is 144 g/mol. The van der Waals surface area contributed by atoms with E-state index < -0.39 is 0 Å². The van der Waals surface area contributed by atoms with Gasteiger partial charge in [-0.25, -0.2) is 0 Å². The fourth-order valence-corrected chi connectivity index (χ4v) is 1.98. The van der Waals surface area contributed by atoms with Gasteiger partial charge < -0.3 is 0 Å². The average molecular weight is 164 g/mol. The van der Waals surface area contributed by atoms with Gasteiger partial charge >= 0.3 is 0 Å². The van der Waals surface area contributed by atoms with Crippen LogP contribution in [0.2, 0.25) is 0 Å². The minimum absolute atomic E-state index is 0.832. The van der Waals surface area contributed by atoms with Crippen molar-refractivity contribution in [3.05, 3.63) is 22.8 Å². The van der Waals surface area contributed by atoms with Crippen LogP contribution in [-0.4, -0.2) is 0 Å². The van der Waals surface area contributed by atoms with Crippen LogP contribution in [-0.2, 0) is 0 Å². The highest BCUT2D eigenvalue weighted by Gasteiger charge is 2.16. The molecule has 1 aliphatic rings. The molecular formula is C12H20. The van der Waals surface area contributed by atoms with Gasteiger partial charge in [-0.15, -0.1) is 0 Å². The fraction of sp³-hybridized carbons (Fsp3) is 0.667. The lowest BCUT2D eigenvalue weighted by Gasteiger charge is -2.24. The number of rotatable bonds is 2. The molecule has 68 valence electrons. The van der Waals surface area contributed by atoms with Gasteiger partial charge in [0, 0.05) is 0 Å². The Hall–Kier alpha value is -0.520. The van der Waals surface area contributed by atoms with Crippen molar-refractivity contribution in [3.8, 4) is 0 Å². The third-order valence-electron chi connectivity index (χ3n) is 3.05. The van der Waals surface area contributed by atoms with Gasteiger partial charge in [0.25, 0.3) is 0 Å². The summed E-state index contributed by atoms with van der Waals surface area (Å²) in [6.07, 6.45) is 6.21. The number of allylic oxidation sites excluding steroid dienone is 4. The second-order valence-electron chi connectivity index (χ2n) is 3.85. The zero-order valence-corrected chi connectivity index (χ0v) is 8.78. The molecule has 12 heavy (non-hydrogen) atoms. The molecule has 0 aliphatic heterocycles. The van der Waals surface area contributed by atoms with Crippen LogP contribution in [0.15, 0.2) is 22.8 Å². The topological polar surface area (TPSA) is 0 Å². The molecule has 0 aromatic heterocycles. The van der Waals surface area contributed by atoms with Gasteiger partial charge in [0.1, 0.15) is 0 Å². The van der Waals surface area contributed by atoms with E-state index in [1.807, 2.05) is 0 Å². The lowest BCUT2D eigenvalue weighted by Crippen LogP contribution is -2.08. The van der Waals surface area contributed by atoms with E-state index >= 15 is 0 Å². The van der Waals surface area contributed by atoms with Gasteiger partial charge in [-0.05, 0) is 39.0 Å². The van der Waals surface area contributed by atoms with Crippen LogP contribution in [0.3, 0.4) is 0 Å². The van der Waals surface area contributed by atoms with Crippen molar-refractivity contribution in [1.29, 1.82) is 0 Å². The Bertz CT molecular complexity index is 218. The third kappa shape index (κ3) is 1.80. The predicted octanol–water partition coefficient (Wildman–Crippen LogP) is 4.09. The summed E-state index contributed by atoms with van der Waals surface area (Å²) in [6, 6.07) is 0. The molecule has 0 radical (unpaired) electrons. The van der Waals surface area contributed by atoms with Crippen LogP contribution >= 0.6 is 0 Å². The minimum Gasteiger partial charge on any atom is -0.0698 e. The second-order valence-corrected chi connectivity index (χ2v) is 3.85. The van der Waals surface area contributed by atoms with Gasteiger partial charge in [0.05, 0.1) is 0 Å². The van der Waals surface area contributed by atoms with E-state index in [4.69, 9.17) is 0 Å². The predicted molar refractivity (Wildman–Crippen MR) is 55.1 cm³/mol. The fourth-order valence-electron chi connectivity index (χ4n) is 1.98. The standard InChI is InChI=1S/C12H20/c1-5-11-7-9(3)10(4)8-12(11)6-2/h7,12H,5-6,8H2,1-4H3. The number of hydrogen-bond donors (Lipinski definition) is 0. The molecule has 1 unspecified atom stereocenters. The Morgan fingerprint density at radius 2 is 2.00 bits per heavy atom. The molecule has 0 N–H and O–H groups in total. The molecule has 0 aromatic rings. The monoisotopic (exact) mass is 164 g/mol. The smallest absolute Gasteiger partial charge is 0.0165 e. The molecule has 0 aromatic carbocycles. The lowest BCUT2D eigenvalue weighted by atomic mass is 9.82. The summed E-state index contributed by atoms with van der Waals surface area (Å²) in [5, 5.41) is 0. The summed E-state index contributed by atoms with van der Waals surface area (Å²) >= 11 is 0. The highest BCUT2D eigenvalue weighted by molar-refractivity contribution is 5.32. The lowest BCUT2D eigenvalue weighted by molar-refractivity contribution is 0.557. The largest absolute Gasteiger partial charge is 0.0698 e. The van der Waals surface area contributed by atoms with Gasteiger partial charge in [-0.1, -0.05) is 36.6 Å². The van der Waals surface area contributed by atoms with Crippen LogP contribution in [0.4, 0.5) is 0 Å². The first kappa shape index (κ1) is 9.57. The summed E-state index contributed by atoms with van der Waals surface area (Å²) < 4.78 is 0. The molecule has 0 fully saturated rings. The van der Waals surface area contributed by atoms with Crippen LogP contribution in [0.5, 0.6) is 0 Å². The van der Waals surface area contributed by atoms with Crippen molar-refractivity contribution in [2.75, 3.05) is 0 Å². The summed E-state index contributed by atoms with van der Waals surface area (Å²) in [5.41, 5.74) is 4.73. The summed E-state index contributed by atoms with van der Waals surface area (Å²) in [6.45, 7) is 9.06. The van der Waals surface area contributed by atoms with Crippen molar-refractivity contribution in [3.63, 3.8) is 0 Å². The normalized spacial score (nSPS) is 24.3. The van der Waals surface area contributed by atoms with Crippen molar-refractivity contribution < 1.29 is 0 Å². The summed E-state index contributed by atoms with van der Waals surface area (Å²) in [4.78, 5) is 0. The average Bonchev–Trinajstić information content (AvgIpc) is 2.09. The maximum atomic E-state index is 2.40. The Morgan fingerprint density at radius 3 is 2.50 bits per heavy atom. The first-order valence-electron chi connectivity index (χ1n) is 5.05. The molecule has 1 atom stereocenters. The molecule has 0 spiro atoms. The Labute approximate surface area is 76.4 Å². The van der Waals surface area contributed by atoms with Crippen molar-refractivity contribution >= 4 is 0 Å². The highest BCUT2D eigenvalue weighted by atomic mass is 14.2. The van der Waals surface area contributed by atoms with E-state index in [-0.39, 0.29) is 0 Å². The van der Waals surface area contributed by atoms with Crippen LogP contribution < -0.4 is 0 Å². The number of hydrogen-bond acceptors (Lipinski definition) is 0. The van der Waals surface area contributed by atoms with Crippen LogP contribution in [0, 0.1) is 5.92 Å². The van der Waals surface area contributed by atoms with Crippen molar-refractivity contribution in [1.82, 2.24) is 0 Å². The molecule has 0 saturated carbocycles. The van der Waals surface area contributed by atoms with E-state index in [0.29, 0.717) is 0 Å². The molecule has 0 bridgehead atoms. The molecule has 0 amide bonds. The van der Waals surface area contributed by atoms with Gasteiger partial charge in [-0.3, -0.25) is 0 Å². The Kier molecular flexibility index (Phi) is 3.13. The van der Waals surface area contributed by atoms with Crippen molar-refractivity contribution in [2.45, 2.75) is 47.0 Å². The van der Waals surface area contributed by atoms with Crippen LogP contribution in [0.1, 0.15) is 47.0 Å². The Balaban J connectivity index is 2.85.